The number of carbonyl (C=O) groups is 1. The van der Waals surface area contributed by atoms with Crippen LogP contribution in [0.5, 0.6) is 0 Å². The molecule has 1 aliphatic rings. The molecule has 8 heteroatoms. The number of nitrogens with one attached hydrogen (secondary N) is 1. The molecule has 28 heavy (non-hydrogen) atoms. The van der Waals surface area contributed by atoms with Crippen molar-refractivity contribution in [3.8, 4) is 0 Å². The molecule has 6 nitrogen and oxygen atoms in total. The molecule has 1 aromatic heterocycles. The first-order valence-corrected chi connectivity index (χ1v) is 9.88. The summed E-state index contributed by atoms with van der Waals surface area (Å²) in [4.78, 5) is 18.3. The highest BCUT2D eigenvalue weighted by atomic mass is 35.5. The van der Waals surface area contributed by atoms with E-state index >= 15 is 4.39 Å². The number of carbonyl (C=O) groups excluding carboxylic acids is 1. The highest BCUT2D eigenvalue weighted by molar-refractivity contribution is 6.35. The summed E-state index contributed by atoms with van der Waals surface area (Å²) in [6.07, 6.45) is 2.74. The van der Waals surface area contributed by atoms with E-state index in [1.165, 1.54) is 12.3 Å². The highest BCUT2D eigenvalue weighted by Gasteiger charge is 2.38. The fourth-order valence-corrected chi connectivity index (χ4v) is 3.81. The Kier molecular flexibility index (Phi) is 5.89. The molecule has 3 N–H and O–H groups in total. The Hall–Kier alpha value is -1.83. The van der Waals surface area contributed by atoms with Crippen molar-refractivity contribution in [2.75, 3.05) is 25.4 Å². The number of nitrogens with zero attached hydrogens (tertiary/aromatic N) is 1. The smallest absolute Gasteiger partial charge is 0.255 e. The number of furan rings is 1. The first kappa shape index (κ1) is 20.9. The highest BCUT2D eigenvalue weighted by Crippen LogP contribution is 2.33. The lowest BCUT2D eigenvalue weighted by Crippen LogP contribution is -2.56. The number of amides is 1. The van der Waals surface area contributed by atoms with Crippen molar-refractivity contribution in [1.82, 2.24) is 10.4 Å². The Morgan fingerprint density at radius 3 is 2.82 bits per heavy atom. The maximum Gasteiger partial charge on any atom is 0.255 e. The normalized spacial score (nSPS) is 18.6. The van der Waals surface area contributed by atoms with Crippen LogP contribution >= 0.6 is 11.6 Å². The van der Waals surface area contributed by atoms with Crippen molar-refractivity contribution >= 4 is 34.2 Å². The molecular weight excluding hydrogens is 385 g/mol. The molecule has 1 fully saturated rings. The first-order valence-electron chi connectivity index (χ1n) is 9.50. The Morgan fingerprint density at radius 2 is 2.18 bits per heavy atom. The third kappa shape index (κ3) is 4.42. The third-order valence-corrected chi connectivity index (χ3v) is 5.29. The zero-order valence-electron chi connectivity index (χ0n) is 16.5. The fraction of sp³-hybridized carbons (Fsp3) is 0.550. The monoisotopic (exact) mass is 411 g/mol. The number of nitrogen functional groups attached to an aromatic ring is 1. The lowest BCUT2D eigenvalue weighted by Gasteiger charge is -2.45. The summed E-state index contributed by atoms with van der Waals surface area (Å²) in [6.45, 7) is 7.05. The predicted molar refractivity (Wildman–Crippen MR) is 108 cm³/mol. The van der Waals surface area contributed by atoms with E-state index in [0.717, 1.165) is 6.54 Å². The second kappa shape index (κ2) is 7.89. The summed E-state index contributed by atoms with van der Waals surface area (Å²) in [5, 5.41) is 5.28. The van der Waals surface area contributed by atoms with E-state index in [1.54, 1.807) is 11.1 Å². The van der Waals surface area contributed by atoms with Crippen LogP contribution in [0.15, 0.2) is 22.8 Å². The predicted octanol–water partition coefficient (Wildman–Crippen LogP) is 4.32. The lowest BCUT2D eigenvalue weighted by atomic mass is 9.95. The van der Waals surface area contributed by atoms with Gasteiger partial charge in [-0.3, -0.25) is 9.63 Å². The standard InChI is InChI=1S/C20H27ClFN3O3/c1-4-6-20(22,7-8-25-12-19(2,3)28-25)11-24-18(26)14-10-15(21)16(23)13-5-9-27-17(13)14/h5,9-10H,4,6-8,11-12,23H2,1-3H3,(H,24,26). The van der Waals surface area contributed by atoms with E-state index in [4.69, 9.17) is 26.6 Å². The second-order valence-electron chi connectivity index (χ2n) is 8.03. The van der Waals surface area contributed by atoms with Gasteiger partial charge in [0.1, 0.15) is 11.3 Å². The maximum atomic E-state index is 15.4. The zero-order valence-corrected chi connectivity index (χ0v) is 17.2. The largest absolute Gasteiger partial charge is 0.463 e. The minimum atomic E-state index is -1.52. The number of rotatable bonds is 8. The summed E-state index contributed by atoms with van der Waals surface area (Å²) in [6, 6.07) is 3.10. The molecular formula is C20H27ClFN3O3. The van der Waals surface area contributed by atoms with Crippen molar-refractivity contribution < 1.29 is 18.4 Å². The topological polar surface area (TPSA) is 80.7 Å². The molecule has 0 spiro atoms. The van der Waals surface area contributed by atoms with Crippen molar-refractivity contribution in [3.63, 3.8) is 0 Å². The number of benzene rings is 1. The second-order valence-corrected chi connectivity index (χ2v) is 8.44. The van der Waals surface area contributed by atoms with E-state index in [2.05, 4.69) is 5.32 Å². The van der Waals surface area contributed by atoms with Crippen LogP contribution in [0, 0.1) is 0 Å². The van der Waals surface area contributed by atoms with Gasteiger partial charge in [0.05, 0.1) is 41.2 Å². The Bertz CT molecular complexity index is 862. The molecule has 1 atom stereocenters. The molecule has 1 amide bonds. The van der Waals surface area contributed by atoms with Crippen molar-refractivity contribution in [1.29, 1.82) is 0 Å². The van der Waals surface area contributed by atoms with Crippen LogP contribution in [0.25, 0.3) is 11.0 Å². The lowest BCUT2D eigenvalue weighted by molar-refractivity contribution is -0.341. The Balaban J connectivity index is 1.65. The number of hydroxylamine groups is 2. The molecule has 0 aliphatic carbocycles. The summed E-state index contributed by atoms with van der Waals surface area (Å²) < 4.78 is 20.8. The number of nitrogens with two attached hydrogens (primary N) is 1. The van der Waals surface area contributed by atoms with Crippen molar-refractivity contribution in [2.45, 2.75) is 51.3 Å². The van der Waals surface area contributed by atoms with Crippen LogP contribution in [-0.4, -0.2) is 41.9 Å². The summed E-state index contributed by atoms with van der Waals surface area (Å²) in [7, 11) is 0. The van der Waals surface area contributed by atoms with Gasteiger partial charge < -0.3 is 15.5 Å². The van der Waals surface area contributed by atoms with Gasteiger partial charge in [0.15, 0.2) is 0 Å². The van der Waals surface area contributed by atoms with Crippen LogP contribution < -0.4 is 11.1 Å². The molecule has 1 aromatic carbocycles. The van der Waals surface area contributed by atoms with Crippen LogP contribution in [0.3, 0.4) is 0 Å². The molecule has 2 aromatic rings. The molecule has 2 heterocycles. The van der Waals surface area contributed by atoms with E-state index in [0.29, 0.717) is 36.0 Å². The van der Waals surface area contributed by atoms with Crippen LogP contribution in [-0.2, 0) is 4.84 Å². The van der Waals surface area contributed by atoms with Gasteiger partial charge in [-0.25, -0.2) is 4.39 Å². The molecule has 1 aliphatic heterocycles. The summed E-state index contributed by atoms with van der Waals surface area (Å²) >= 11 is 6.12. The Labute approximate surface area is 169 Å². The van der Waals surface area contributed by atoms with Crippen LogP contribution in [0.4, 0.5) is 10.1 Å². The Morgan fingerprint density at radius 1 is 1.46 bits per heavy atom. The molecule has 0 saturated carbocycles. The quantitative estimate of drug-likeness (QED) is 0.632. The molecule has 1 saturated heterocycles. The van der Waals surface area contributed by atoms with Gasteiger partial charge in [-0.05, 0) is 38.8 Å². The van der Waals surface area contributed by atoms with Gasteiger partial charge in [0.2, 0.25) is 0 Å². The molecule has 154 valence electrons. The molecule has 0 bridgehead atoms. The number of hydrogen-bond acceptors (Lipinski definition) is 5. The average molecular weight is 412 g/mol. The number of fused-ring (bicyclic) bond motifs is 1. The van der Waals surface area contributed by atoms with E-state index in [9.17, 15) is 4.79 Å². The van der Waals surface area contributed by atoms with Gasteiger partial charge >= 0.3 is 0 Å². The van der Waals surface area contributed by atoms with Gasteiger partial charge in [0, 0.05) is 11.9 Å². The van der Waals surface area contributed by atoms with Crippen molar-refractivity contribution in [2.24, 2.45) is 0 Å². The van der Waals surface area contributed by atoms with Crippen LogP contribution in [0.1, 0.15) is 50.4 Å². The van der Waals surface area contributed by atoms with Crippen LogP contribution in [0.2, 0.25) is 5.02 Å². The number of hydrogen-bond donors (Lipinski definition) is 2. The van der Waals surface area contributed by atoms with E-state index in [-0.39, 0.29) is 29.2 Å². The number of alkyl halides is 1. The summed E-state index contributed by atoms with van der Waals surface area (Å²) in [5.74, 6) is -0.443. The molecule has 0 radical (unpaired) electrons. The minimum absolute atomic E-state index is 0.0961. The third-order valence-electron chi connectivity index (χ3n) is 4.98. The maximum absolute atomic E-state index is 15.4. The van der Waals surface area contributed by atoms with Gasteiger partial charge in [-0.15, -0.1) is 0 Å². The average Bonchev–Trinajstić information content (AvgIpc) is 3.09. The van der Waals surface area contributed by atoms with E-state index < -0.39 is 11.6 Å². The molecule has 1 unspecified atom stereocenters. The van der Waals surface area contributed by atoms with Gasteiger partial charge in [-0.2, -0.15) is 5.06 Å². The van der Waals surface area contributed by atoms with Gasteiger partial charge in [0.25, 0.3) is 5.91 Å². The van der Waals surface area contributed by atoms with E-state index in [1.807, 2.05) is 20.8 Å². The minimum Gasteiger partial charge on any atom is -0.463 e. The summed E-state index contributed by atoms with van der Waals surface area (Å²) in [5.41, 5.74) is 5.16. The fourth-order valence-electron chi connectivity index (χ4n) is 3.60. The zero-order chi connectivity index (χ0) is 20.5. The number of anilines is 1. The first-order chi connectivity index (χ1) is 13.1. The SMILES string of the molecule is CCCC(F)(CCN1CC(C)(C)O1)CNC(=O)c1cc(Cl)c(N)c2ccoc12. The number of halogens is 2. The van der Waals surface area contributed by atoms with Gasteiger partial charge in [-0.1, -0.05) is 24.9 Å². The van der Waals surface area contributed by atoms with Crippen molar-refractivity contribution in [3.05, 3.63) is 29.0 Å². The molecule has 3 rings (SSSR count).